The summed E-state index contributed by atoms with van der Waals surface area (Å²) in [6.07, 6.45) is 0. The SMILES string of the molecule is COc1cc(CNc2ccccc2Oc2ccc(Cl)cc2N)c(NC(C)=O)cc1OC. The molecule has 3 aromatic rings. The van der Waals surface area contributed by atoms with Crippen LogP contribution in [0.3, 0.4) is 0 Å². The molecule has 3 rings (SSSR count). The first-order chi connectivity index (χ1) is 14.9. The predicted octanol–water partition coefficient (Wildman–Crippen LogP) is 5.30. The zero-order valence-electron chi connectivity index (χ0n) is 17.5. The Morgan fingerprint density at radius 3 is 2.32 bits per heavy atom. The van der Waals surface area contributed by atoms with Crippen molar-refractivity contribution < 1.29 is 19.0 Å². The zero-order chi connectivity index (χ0) is 22.4. The number of nitrogen functional groups attached to an aromatic ring is 1. The summed E-state index contributed by atoms with van der Waals surface area (Å²) >= 11 is 5.97. The molecular formula is C23H24ClN3O4. The first-order valence-corrected chi connectivity index (χ1v) is 9.87. The Morgan fingerprint density at radius 2 is 1.65 bits per heavy atom. The van der Waals surface area contributed by atoms with Crippen LogP contribution in [0.5, 0.6) is 23.0 Å². The topological polar surface area (TPSA) is 94.8 Å². The van der Waals surface area contributed by atoms with Gasteiger partial charge in [-0.25, -0.2) is 0 Å². The monoisotopic (exact) mass is 441 g/mol. The third-order valence-electron chi connectivity index (χ3n) is 4.47. The maximum Gasteiger partial charge on any atom is 0.221 e. The number of carbonyl (C=O) groups excluding carboxylic acids is 1. The van der Waals surface area contributed by atoms with Crippen LogP contribution in [0.15, 0.2) is 54.6 Å². The molecule has 0 spiro atoms. The first-order valence-electron chi connectivity index (χ1n) is 9.49. The van der Waals surface area contributed by atoms with E-state index in [0.29, 0.717) is 45.9 Å². The fraction of sp³-hybridized carbons (Fsp3) is 0.174. The number of hydrogen-bond donors (Lipinski definition) is 3. The molecule has 0 aliphatic heterocycles. The minimum Gasteiger partial charge on any atom is -0.493 e. The number of nitrogens with one attached hydrogen (secondary N) is 2. The molecule has 0 fully saturated rings. The molecule has 0 aromatic heterocycles. The van der Waals surface area contributed by atoms with E-state index in [1.165, 1.54) is 6.92 Å². The van der Waals surface area contributed by atoms with Crippen molar-refractivity contribution in [1.82, 2.24) is 0 Å². The number of anilines is 3. The number of amides is 1. The van der Waals surface area contributed by atoms with Crippen LogP contribution in [0.4, 0.5) is 17.1 Å². The molecule has 0 bridgehead atoms. The number of para-hydroxylation sites is 2. The third-order valence-corrected chi connectivity index (χ3v) is 4.70. The van der Waals surface area contributed by atoms with Crippen molar-refractivity contribution >= 4 is 34.6 Å². The summed E-state index contributed by atoms with van der Waals surface area (Å²) < 4.78 is 16.7. The second-order valence-corrected chi connectivity index (χ2v) is 7.12. The fourth-order valence-electron chi connectivity index (χ4n) is 3.00. The zero-order valence-corrected chi connectivity index (χ0v) is 18.2. The van der Waals surface area contributed by atoms with Crippen molar-refractivity contribution in [2.24, 2.45) is 0 Å². The van der Waals surface area contributed by atoms with Gasteiger partial charge in [0, 0.05) is 30.2 Å². The van der Waals surface area contributed by atoms with Gasteiger partial charge in [-0.15, -0.1) is 0 Å². The van der Waals surface area contributed by atoms with Gasteiger partial charge >= 0.3 is 0 Å². The van der Waals surface area contributed by atoms with Crippen LogP contribution in [0.1, 0.15) is 12.5 Å². The van der Waals surface area contributed by atoms with Gasteiger partial charge < -0.3 is 30.6 Å². The van der Waals surface area contributed by atoms with E-state index >= 15 is 0 Å². The Morgan fingerprint density at radius 1 is 0.935 bits per heavy atom. The standard InChI is InChI=1S/C23H24ClN3O4/c1-14(28)27-19-12-23(30-3)22(29-2)10-15(19)13-26-18-6-4-5-7-21(18)31-20-9-8-16(24)11-17(20)25/h4-12,26H,13,25H2,1-3H3,(H,27,28). The van der Waals surface area contributed by atoms with Crippen molar-refractivity contribution in [3.05, 3.63) is 65.2 Å². The van der Waals surface area contributed by atoms with Crippen LogP contribution in [0, 0.1) is 0 Å². The fourth-order valence-corrected chi connectivity index (χ4v) is 3.18. The van der Waals surface area contributed by atoms with Crippen molar-refractivity contribution in [1.29, 1.82) is 0 Å². The Hall–Kier alpha value is -3.58. The van der Waals surface area contributed by atoms with Crippen molar-refractivity contribution in [3.63, 3.8) is 0 Å². The molecule has 1 amide bonds. The molecule has 7 nitrogen and oxygen atoms in total. The van der Waals surface area contributed by atoms with E-state index in [-0.39, 0.29) is 5.91 Å². The quantitative estimate of drug-likeness (QED) is 0.410. The lowest BCUT2D eigenvalue weighted by Gasteiger charge is -2.18. The largest absolute Gasteiger partial charge is 0.493 e. The van der Waals surface area contributed by atoms with Gasteiger partial charge in [0.1, 0.15) is 0 Å². The van der Waals surface area contributed by atoms with E-state index in [2.05, 4.69) is 10.6 Å². The molecule has 3 aromatic carbocycles. The van der Waals surface area contributed by atoms with Crippen LogP contribution >= 0.6 is 11.6 Å². The Kier molecular flexibility index (Phi) is 7.10. The summed E-state index contributed by atoms with van der Waals surface area (Å²) in [6, 6.07) is 16.1. The number of rotatable bonds is 8. The van der Waals surface area contributed by atoms with E-state index in [9.17, 15) is 4.79 Å². The molecule has 0 saturated heterocycles. The van der Waals surface area contributed by atoms with E-state index in [1.807, 2.05) is 30.3 Å². The average Bonchev–Trinajstić information content (AvgIpc) is 2.74. The first kappa shape index (κ1) is 22.1. The highest BCUT2D eigenvalue weighted by Crippen LogP contribution is 2.36. The normalized spacial score (nSPS) is 10.3. The maximum absolute atomic E-state index is 11.7. The Bertz CT molecular complexity index is 1090. The van der Waals surface area contributed by atoms with Crippen molar-refractivity contribution in [2.45, 2.75) is 13.5 Å². The second-order valence-electron chi connectivity index (χ2n) is 6.68. The lowest BCUT2D eigenvalue weighted by Crippen LogP contribution is -2.11. The molecule has 0 unspecified atom stereocenters. The smallest absolute Gasteiger partial charge is 0.221 e. The highest BCUT2D eigenvalue weighted by atomic mass is 35.5. The van der Waals surface area contributed by atoms with Gasteiger partial charge in [-0.3, -0.25) is 4.79 Å². The third kappa shape index (κ3) is 5.52. The van der Waals surface area contributed by atoms with Crippen LogP contribution in [0.25, 0.3) is 0 Å². The molecule has 31 heavy (non-hydrogen) atoms. The summed E-state index contributed by atoms with van der Waals surface area (Å²) in [4.78, 5) is 11.7. The lowest BCUT2D eigenvalue weighted by molar-refractivity contribution is -0.114. The molecule has 0 heterocycles. The number of hydrogen-bond acceptors (Lipinski definition) is 6. The van der Waals surface area contributed by atoms with Gasteiger partial charge in [-0.05, 0) is 42.0 Å². The lowest BCUT2D eigenvalue weighted by atomic mass is 10.1. The Balaban J connectivity index is 1.86. The number of nitrogens with two attached hydrogens (primary N) is 1. The minimum atomic E-state index is -0.185. The highest BCUT2D eigenvalue weighted by molar-refractivity contribution is 6.30. The number of halogens is 1. The summed E-state index contributed by atoms with van der Waals surface area (Å²) in [6.45, 7) is 1.85. The van der Waals surface area contributed by atoms with E-state index in [4.69, 9.17) is 31.5 Å². The van der Waals surface area contributed by atoms with E-state index in [0.717, 1.165) is 11.3 Å². The van der Waals surface area contributed by atoms with Crippen LogP contribution in [0.2, 0.25) is 5.02 Å². The minimum absolute atomic E-state index is 0.185. The summed E-state index contributed by atoms with van der Waals surface area (Å²) in [5.41, 5.74) is 8.64. The average molecular weight is 442 g/mol. The van der Waals surface area contributed by atoms with E-state index in [1.54, 1.807) is 38.5 Å². The molecule has 0 saturated carbocycles. The molecule has 4 N–H and O–H groups in total. The number of methoxy groups -OCH3 is 2. The predicted molar refractivity (Wildman–Crippen MR) is 124 cm³/mol. The molecule has 8 heteroatoms. The van der Waals surface area contributed by atoms with Gasteiger partial charge in [0.25, 0.3) is 0 Å². The number of benzene rings is 3. The van der Waals surface area contributed by atoms with Gasteiger partial charge in [-0.2, -0.15) is 0 Å². The summed E-state index contributed by atoms with van der Waals surface area (Å²) in [7, 11) is 3.11. The van der Waals surface area contributed by atoms with Crippen LogP contribution in [-0.4, -0.2) is 20.1 Å². The molecule has 0 atom stereocenters. The van der Waals surface area contributed by atoms with Gasteiger partial charge in [0.2, 0.25) is 5.91 Å². The molecular weight excluding hydrogens is 418 g/mol. The van der Waals surface area contributed by atoms with Gasteiger partial charge in [-0.1, -0.05) is 23.7 Å². The molecule has 0 aliphatic rings. The molecule has 0 radical (unpaired) electrons. The van der Waals surface area contributed by atoms with Crippen molar-refractivity contribution in [2.75, 3.05) is 30.6 Å². The highest BCUT2D eigenvalue weighted by Gasteiger charge is 2.14. The van der Waals surface area contributed by atoms with Crippen LogP contribution < -0.4 is 30.6 Å². The molecule has 162 valence electrons. The second kappa shape index (κ2) is 9.95. The van der Waals surface area contributed by atoms with Crippen LogP contribution in [-0.2, 0) is 11.3 Å². The maximum atomic E-state index is 11.7. The molecule has 0 aliphatic carbocycles. The van der Waals surface area contributed by atoms with Gasteiger partial charge in [0.15, 0.2) is 23.0 Å². The van der Waals surface area contributed by atoms with Crippen molar-refractivity contribution in [3.8, 4) is 23.0 Å². The summed E-state index contributed by atoms with van der Waals surface area (Å²) in [5.74, 6) is 2.00. The Labute approximate surface area is 186 Å². The van der Waals surface area contributed by atoms with E-state index < -0.39 is 0 Å². The summed E-state index contributed by atoms with van der Waals surface area (Å²) in [5, 5.41) is 6.71. The number of carbonyl (C=O) groups is 1. The number of ether oxygens (including phenoxy) is 3. The van der Waals surface area contributed by atoms with Gasteiger partial charge in [0.05, 0.1) is 25.6 Å².